The molecular weight excluding hydrogens is 434 g/mol. The Morgan fingerprint density at radius 3 is 2.53 bits per heavy atom. The summed E-state index contributed by atoms with van der Waals surface area (Å²) in [5, 5.41) is 0. The van der Waals surface area contributed by atoms with Crippen LogP contribution in [0.5, 0.6) is 5.75 Å². The molecule has 2 aromatic carbocycles. The molecule has 0 saturated carbocycles. The molecule has 0 spiro atoms. The van der Waals surface area contributed by atoms with Crippen LogP contribution in [0.1, 0.15) is 28.8 Å². The summed E-state index contributed by atoms with van der Waals surface area (Å²) < 4.78 is 37.4. The van der Waals surface area contributed by atoms with Crippen molar-refractivity contribution in [2.75, 3.05) is 26.8 Å². The van der Waals surface area contributed by atoms with Crippen molar-refractivity contribution in [2.45, 2.75) is 30.8 Å². The predicted octanol–water partition coefficient (Wildman–Crippen LogP) is 1.63. The molecule has 1 aliphatic heterocycles. The van der Waals surface area contributed by atoms with E-state index < -0.39 is 28.4 Å². The molecule has 9 nitrogen and oxygen atoms in total. The minimum absolute atomic E-state index is 0.00293. The molecule has 0 radical (unpaired) electrons. The highest BCUT2D eigenvalue weighted by Gasteiger charge is 2.23. The number of sulfonamides is 1. The number of carbonyl (C=O) groups excluding carboxylic acids is 2. The Balaban J connectivity index is 1.54. The fourth-order valence-corrected chi connectivity index (χ4v) is 4.28. The number of nitrogens with one attached hydrogen (secondary N) is 2. The topological polar surface area (TPSA) is 114 Å². The third kappa shape index (κ3) is 6.06. The number of aryl methyl sites for hydroxylation is 1. The first-order chi connectivity index (χ1) is 15.3. The van der Waals surface area contributed by atoms with Crippen LogP contribution in [0.15, 0.2) is 53.4 Å². The van der Waals surface area contributed by atoms with E-state index in [0.29, 0.717) is 19.0 Å². The largest absolute Gasteiger partial charge is 0.490 e. The Bertz CT molecular complexity index is 1050. The van der Waals surface area contributed by atoms with Crippen LogP contribution >= 0.6 is 0 Å². The molecule has 3 rings (SSSR count). The molecule has 10 heteroatoms. The van der Waals surface area contributed by atoms with Gasteiger partial charge < -0.3 is 9.47 Å². The first kappa shape index (κ1) is 23.7. The number of benzene rings is 2. The first-order valence-corrected chi connectivity index (χ1v) is 11.7. The number of rotatable bonds is 8. The number of likely N-dealkylation sites (N-methyl/N-ethyl adjacent to an activating group) is 1. The van der Waals surface area contributed by atoms with Gasteiger partial charge in [-0.25, -0.2) is 8.42 Å². The maximum atomic E-state index is 12.6. The highest BCUT2D eigenvalue weighted by Crippen LogP contribution is 2.20. The van der Waals surface area contributed by atoms with Crippen molar-refractivity contribution in [3.63, 3.8) is 0 Å². The Morgan fingerprint density at radius 2 is 1.84 bits per heavy atom. The van der Waals surface area contributed by atoms with E-state index in [-0.39, 0.29) is 16.6 Å². The Kier molecular flexibility index (Phi) is 7.84. The van der Waals surface area contributed by atoms with E-state index >= 15 is 0 Å². The molecule has 1 unspecified atom stereocenters. The van der Waals surface area contributed by atoms with Crippen molar-refractivity contribution in [2.24, 2.45) is 0 Å². The average molecular weight is 462 g/mol. The van der Waals surface area contributed by atoms with Gasteiger partial charge in [-0.1, -0.05) is 29.8 Å². The van der Waals surface area contributed by atoms with Crippen LogP contribution in [-0.4, -0.2) is 57.4 Å². The van der Waals surface area contributed by atoms with Crippen molar-refractivity contribution in [1.82, 2.24) is 15.2 Å². The van der Waals surface area contributed by atoms with Gasteiger partial charge in [-0.15, -0.1) is 0 Å². The van der Waals surface area contributed by atoms with E-state index in [9.17, 15) is 18.0 Å². The number of para-hydroxylation sites is 1. The molecule has 2 aromatic rings. The van der Waals surface area contributed by atoms with Crippen molar-refractivity contribution in [1.29, 1.82) is 0 Å². The van der Waals surface area contributed by atoms with E-state index in [1.807, 2.05) is 6.92 Å². The van der Waals surface area contributed by atoms with Gasteiger partial charge >= 0.3 is 0 Å². The van der Waals surface area contributed by atoms with Gasteiger partial charge in [0, 0.05) is 13.7 Å². The summed E-state index contributed by atoms with van der Waals surface area (Å²) in [4.78, 5) is 24.8. The number of hydrogen-bond donors (Lipinski definition) is 2. The standard InChI is InChI=1S/C22H27N3O6S/c1-16-9-11-18(12-10-16)32(28,29)25(2)14-21(26)23-24-22(27)19-7-3-4-8-20(19)31-15-17-6-5-13-30-17/h3-4,7-12,17H,5-6,13-15H2,1-2H3,(H,23,26)(H,24,27). The molecule has 1 aliphatic rings. The normalized spacial score (nSPS) is 16.0. The Hall–Kier alpha value is -2.95. The van der Waals surface area contributed by atoms with E-state index in [1.165, 1.54) is 19.2 Å². The van der Waals surface area contributed by atoms with E-state index in [2.05, 4.69) is 10.9 Å². The summed E-state index contributed by atoms with van der Waals surface area (Å²) in [5.74, 6) is -0.895. The van der Waals surface area contributed by atoms with Gasteiger partial charge in [0.1, 0.15) is 12.4 Å². The van der Waals surface area contributed by atoms with E-state index in [4.69, 9.17) is 9.47 Å². The molecule has 0 aliphatic carbocycles. The zero-order valence-corrected chi connectivity index (χ0v) is 18.9. The van der Waals surface area contributed by atoms with Gasteiger partial charge in [0.25, 0.3) is 11.8 Å². The summed E-state index contributed by atoms with van der Waals surface area (Å²) in [5.41, 5.74) is 5.71. The zero-order chi connectivity index (χ0) is 23.1. The molecular formula is C22H27N3O6S. The lowest BCUT2D eigenvalue weighted by Gasteiger charge is -2.18. The third-order valence-corrected chi connectivity index (χ3v) is 6.81. The molecule has 32 heavy (non-hydrogen) atoms. The average Bonchev–Trinajstić information content (AvgIpc) is 3.30. The maximum absolute atomic E-state index is 12.6. The predicted molar refractivity (Wildman–Crippen MR) is 118 cm³/mol. The zero-order valence-electron chi connectivity index (χ0n) is 18.0. The third-order valence-electron chi connectivity index (χ3n) is 4.99. The lowest BCUT2D eigenvalue weighted by molar-refractivity contribution is -0.121. The summed E-state index contributed by atoms with van der Waals surface area (Å²) >= 11 is 0. The second kappa shape index (κ2) is 10.6. The molecule has 1 heterocycles. The Labute approximate surface area is 187 Å². The van der Waals surface area contributed by atoms with Crippen molar-refractivity contribution < 1.29 is 27.5 Å². The number of nitrogens with zero attached hydrogens (tertiary/aromatic N) is 1. The molecule has 0 aromatic heterocycles. The van der Waals surface area contributed by atoms with Gasteiger partial charge in [-0.3, -0.25) is 20.4 Å². The van der Waals surface area contributed by atoms with E-state index in [1.54, 1.807) is 36.4 Å². The number of hydrazine groups is 1. The van der Waals surface area contributed by atoms with Crippen LogP contribution in [0, 0.1) is 6.92 Å². The lowest BCUT2D eigenvalue weighted by atomic mass is 10.2. The van der Waals surface area contributed by atoms with Crippen LogP contribution in [0.2, 0.25) is 0 Å². The van der Waals surface area contributed by atoms with Gasteiger partial charge in [0.2, 0.25) is 10.0 Å². The molecule has 0 bridgehead atoms. The molecule has 2 amide bonds. The smallest absolute Gasteiger partial charge is 0.273 e. The van der Waals surface area contributed by atoms with Crippen LogP contribution in [0.4, 0.5) is 0 Å². The van der Waals surface area contributed by atoms with Crippen LogP contribution in [-0.2, 0) is 19.6 Å². The monoisotopic (exact) mass is 461 g/mol. The van der Waals surface area contributed by atoms with Gasteiger partial charge in [0.05, 0.1) is 23.1 Å². The van der Waals surface area contributed by atoms with Gasteiger partial charge in [-0.05, 0) is 44.0 Å². The summed E-state index contributed by atoms with van der Waals surface area (Å²) in [7, 11) is -2.54. The van der Waals surface area contributed by atoms with Crippen molar-refractivity contribution in [3.8, 4) is 5.75 Å². The maximum Gasteiger partial charge on any atom is 0.273 e. The summed E-state index contributed by atoms with van der Waals surface area (Å²) in [6.07, 6.45) is 1.89. The second-order valence-corrected chi connectivity index (χ2v) is 9.56. The quantitative estimate of drug-likeness (QED) is 0.578. The molecule has 172 valence electrons. The SMILES string of the molecule is Cc1ccc(S(=O)(=O)N(C)CC(=O)NNC(=O)c2ccccc2OCC2CCCO2)cc1. The highest BCUT2D eigenvalue weighted by molar-refractivity contribution is 7.89. The van der Waals surface area contributed by atoms with Crippen molar-refractivity contribution in [3.05, 3.63) is 59.7 Å². The number of carbonyl (C=O) groups is 2. The van der Waals surface area contributed by atoms with E-state index in [0.717, 1.165) is 22.7 Å². The number of ether oxygens (including phenoxy) is 2. The van der Waals surface area contributed by atoms with Gasteiger partial charge in [0.15, 0.2) is 0 Å². The van der Waals surface area contributed by atoms with Crippen LogP contribution in [0.3, 0.4) is 0 Å². The summed E-state index contributed by atoms with van der Waals surface area (Å²) in [6, 6.07) is 13.0. The molecule has 2 N–H and O–H groups in total. The van der Waals surface area contributed by atoms with Crippen molar-refractivity contribution >= 4 is 21.8 Å². The number of hydrogen-bond acceptors (Lipinski definition) is 6. The molecule has 1 atom stereocenters. The Morgan fingerprint density at radius 1 is 1.12 bits per heavy atom. The molecule has 1 saturated heterocycles. The second-order valence-electron chi connectivity index (χ2n) is 7.52. The number of amides is 2. The van der Waals surface area contributed by atoms with Gasteiger partial charge in [-0.2, -0.15) is 4.31 Å². The minimum Gasteiger partial charge on any atom is -0.490 e. The first-order valence-electron chi connectivity index (χ1n) is 10.2. The highest BCUT2D eigenvalue weighted by atomic mass is 32.2. The molecule has 1 fully saturated rings. The summed E-state index contributed by atoms with van der Waals surface area (Å²) in [6.45, 7) is 2.42. The fraction of sp³-hybridized carbons (Fsp3) is 0.364. The lowest BCUT2D eigenvalue weighted by Crippen LogP contribution is -2.46. The minimum atomic E-state index is -3.84. The van der Waals surface area contributed by atoms with Crippen LogP contribution < -0.4 is 15.6 Å². The fourth-order valence-electron chi connectivity index (χ4n) is 3.15. The van der Waals surface area contributed by atoms with Crippen LogP contribution in [0.25, 0.3) is 0 Å².